The molecular weight excluding hydrogens is 444 g/mol. The van der Waals surface area contributed by atoms with Crippen molar-refractivity contribution in [3.8, 4) is 0 Å². The molecule has 0 bridgehead atoms. The zero-order valence-electron chi connectivity index (χ0n) is 19.0. The van der Waals surface area contributed by atoms with Gasteiger partial charge in [0.25, 0.3) is 14.2 Å². The number of esters is 1. The molecule has 2 rings (SSSR count). The summed E-state index contributed by atoms with van der Waals surface area (Å²) >= 11 is 0. The van der Waals surface area contributed by atoms with Gasteiger partial charge in [-0.15, -0.1) is 0 Å². The summed E-state index contributed by atoms with van der Waals surface area (Å²) in [5, 5.41) is 4.64. The lowest BCUT2D eigenvalue weighted by atomic mass is 10.2. The van der Waals surface area contributed by atoms with Gasteiger partial charge in [-0.1, -0.05) is 94.1 Å². The predicted octanol–water partition coefficient (Wildman–Crippen LogP) is -1.98. The molecule has 0 aromatic heterocycles. The minimum atomic E-state index is -2.74. The highest BCUT2D eigenvalue weighted by Gasteiger charge is 2.50. The fraction of sp³-hybridized carbons (Fsp3) is 0.333. The van der Waals surface area contributed by atoms with Gasteiger partial charge in [-0.05, 0) is 15.4 Å². The van der Waals surface area contributed by atoms with E-state index in [2.05, 4.69) is 62.7 Å². The van der Waals surface area contributed by atoms with Crippen molar-refractivity contribution >= 4 is 30.6 Å². The lowest BCUT2D eigenvalue weighted by molar-refractivity contribution is -0.408. The van der Waals surface area contributed by atoms with Gasteiger partial charge in [-0.3, -0.25) is 9.59 Å². The second-order valence-corrected chi connectivity index (χ2v) is 12.7. The molecule has 0 aliphatic heterocycles. The average molecular weight is 477 g/mol. The van der Waals surface area contributed by atoms with E-state index >= 15 is 0 Å². The third kappa shape index (κ3) is 6.77. The molecule has 0 aliphatic rings. The summed E-state index contributed by atoms with van der Waals surface area (Å²) in [6.45, 7) is 10.0. The average Bonchev–Trinajstić information content (AvgIpc) is 2.76. The van der Waals surface area contributed by atoms with E-state index in [1.165, 1.54) is 6.08 Å². The Morgan fingerprint density at radius 2 is 1.56 bits per heavy atom. The van der Waals surface area contributed by atoms with Crippen LogP contribution in [-0.4, -0.2) is 46.0 Å². The number of hydrogen-bond donors (Lipinski definition) is 2. The van der Waals surface area contributed by atoms with E-state index in [0.717, 1.165) is 10.4 Å². The Hall–Kier alpha value is -2.45. The molecule has 2 aromatic rings. The number of carbonyl (C=O) groups excluding carboxylic acids is 2. The van der Waals surface area contributed by atoms with Crippen molar-refractivity contribution in [2.45, 2.75) is 31.9 Å². The van der Waals surface area contributed by atoms with E-state index in [1.807, 2.05) is 36.4 Å². The van der Waals surface area contributed by atoms with Crippen LogP contribution in [0.4, 0.5) is 0 Å². The topological polar surface area (TPSA) is 92.3 Å². The molecule has 4 N–H and O–H groups in total. The zero-order chi connectivity index (χ0) is 22.9. The number of rotatable bonds is 10. The molecule has 0 spiro atoms. The molecule has 1 atom stereocenters. The molecule has 0 heterocycles. The molecule has 0 saturated carbocycles. The third-order valence-corrected chi connectivity index (χ3v) is 10.1. The summed E-state index contributed by atoms with van der Waals surface area (Å²) in [5.41, 5.74) is 3.97. The Morgan fingerprint density at radius 3 is 2.00 bits per heavy atom. The van der Waals surface area contributed by atoms with Crippen LogP contribution in [0, 0.1) is 0 Å². The number of halogens is 1. The Morgan fingerprint density at radius 1 is 1.06 bits per heavy atom. The molecule has 0 radical (unpaired) electrons. The molecule has 2 aromatic carbocycles. The largest absolute Gasteiger partial charge is 1.00 e. The molecule has 174 valence electrons. The highest BCUT2D eigenvalue weighted by molar-refractivity contribution is 6.99. The molecule has 8 heteroatoms. The maximum absolute atomic E-state index is 12.5. The fourth-order valence-electron chi connectivity index (χ4n) is 3.57. The Bertz CT molecular complexity index is 833. The minimum Gasteiger partial charge on any atom is -1.00 e. The molecule has 0 fully saturated rings. The van der Waals surface area contributed by atoms with Gasteiger partial charge in [0.05, 0.1) is 6.61 Å². The van der Waals surface area contributed by atoms with Crippen molar-refractivity contribution in [2.24, 2.45) is 0 Å². The number of amides is 1. The normalized spacial score (nSPS) is 12.2. The highest BCUT2D eigenvalue weighted by atomic mass is 35.5. The van der Waals surface area contributed by atoms with Crippen LogP contribution < -0.4 is 33.8 Å². The monoisotopic (exact) mass is 476 g/mol. The van der Waals surface area contributed by atoms with Crippen LogP contribution in [0.15, 0.2) is 73.3 Å². The Balaban J connectivity index is 0.00000512. The van der Waals surface area contributed by atoms with Crippen LogP contribution in [0.3, 0.4) is 0 Å². The van der Waals surface area contributed by atoms with Crippen molar-refractivity contribution in [3.05, 3.63) is 73.3 Å². The Kier molecular flexibility index (Phi) is 10.8. The quantitative estimate of drug-likeness (QED) is 0.236. The van der Waals surface area contributed by atoms with Crippen molar-refractivity contribution in [2.75, 3.05) is 19.8 Å². The smallest absolute Gasteiger partial charge is 0.325 e. The SMILES string of the molecule is C=CCOC(=O)CNC(=O)[C@H]([NH3+])CO[Si](c1ccccc1)(c1ccccc1)C(C)(C)C.[Cl-]. The third-order valence-electron chi connectivity index (χ3n) is 5.06. The van der Waals surface area contributed by atoms with Crippen LogP contribution in [0.1, 0.15) is 20.8 Å². The van der Waals surface area contributed by atoms with Gasteiger partial charge in [0.2, 0.25) is 0 Å². The van der Waals surface area contributed by atoms with Gasteiger partial charge in [0, 0.05) is 0 Å². The van der Waals surface area contributed by atoms with E-state index in [9.17, 15) is 9.59 Å². The van der Waals surface area contributed by atoms with Crippen LogP contribution >= 0.6 is 0 Å². The fourth-order valence-corrected chi connectivity index (χ4v) is 8.18. The second kappa shape index (κ2) is 12.5. The first-order valence-corrected chi connectivity index (χ1v) is 12.3. The number of nitrogens with one attached hydrogen (secondary N) is 1. The van der Waals surface area contributed by atoms with Crippen LogP contribution in [0.5, 0.6) is 0 Å². The van der Waals surface area contributed by atoms with Crippen LogP contribution in [0.25, 0.3) is 0 Å². The number of benzene rings is 2. The zero-order valence-corrected chi connectivity index (χ0v) is 20.7. The summed E-state index contributed by atoms with van der Waals surface area (Å²) in [6.07, 6.45) is 1.47. The highest BCUT2D eigenvalue weighted by Crippen LogP contribution is 2.36. The molecule has 0 saturated heterocycles. The molecule has 1 amide bonds. The minimum absolute atomic E-state index is 0. The second-order valence-electron chi connectivity index (χ2n) is 8.36. The molecule has 6 nitrogen and oxygen atoms in total. The lowest BCUT2D eigenvalue weighted by Crippen LogP contribution is -3.00. The van der Waals surface area contributed by atoms with E-state index in [4.69, 9.17) is 9.16 Å². The van der Waals surface area contributed by atoms with Crippen LogP contribution in [-0.2, 0) is 18.8 Å². The number of quaternary nitrogens is 1. The maximum atomic E-state index is 12.5. The standard InChI is InChI=1S/C24H32N2O4Si.ClH/c1-5-16-29-22(27)17-26-23(28)21(25)18-30-31(24(2,3)4,19-12-8-6-9-13-19)20-14-10-7-11-15-20;/h5-15,21H,1,16-18,25H2,2-4H3,(H,26,28);1H/t21-;/m1./s1. The van der Waals surface area contributed by atoms with Crippen molar-refractivity contribution in [3.63, 3.8) is 0 Å². The number of carbonyl (C=O) groups is 2. The summed E-state index contributed by atoms with van der Waals surface area (Å²) in [5.74, 6) is -0.873. The van der Waals surface area contributed by atoms with Gasteiger partial charge in [-0.25, -0.2) is 0 Å². The first kappa shape index (κ1) is 27.6. The van der Waals surface area contributed by atoms with Gasteiger partial charge >= 0.3 is 5.97 Å². The summed E-state index contributed by atoms with van der Waals surface area (Å²) in [7, 11) is -2.74. The van der Waals surface area contributed by atoms with E-state index in [1.54, 1.807) is 0 Å². The van der Waals surface area contributed by atoms with Gasteiger partial charge in [0.15, 0.2) is 6.04 Å². The van der Waals surface area contributed by atoms with Crippen molar-refractivity contribution in [1.82, 2.24) is 5.32 Å². The molecule has 32 heavy (non-hydrogen) atoms. The van der Waals surface area contributed by atoms with Gasteiger partial charge in [0.1, 0.15) is 13.2 Å². The van der Waals surface area contributed by atoms with E-state index < -0.39 is 20.3 Å². The molecule has 0 unspecified atom stereocenters. The van der Waals surface area contributed by atoms with E-state index in [-0.39, 0.29) is 43.1 Å². The summed E-state index contributed by atoms with van der Waals surface area (Å²) in [4.78, 5) is 24.1. The first-order chi connectivity index (χ1) is 14.7. The summed E-state index contributed by atoms with van der Waals surface area (Å²) in [6, 6.07) is 19.7. The van der Waals surface area contributed by atoms with Gasteiger partial charge in [-0.2, -0.15) is 0 Å². The molecule has 0 aliphatic carbocycles. The lowest BCUT2D eigenvalue weighted by Gasteiger charge is -2.43. The van der Waals surface area contributed by atoms with Crippen molar-refractivity contribution in [1.29, 1.82) is 0 Å². The van der Waals surface area contributed by atoms with E-state index in [0.29, 0.717) is 0 Å². The molecular formula is C24H33ClN2O4Si. The number of hydrogen-bond acceptors (Lipinski definition) is 4. The Labute approximate surface area is 197 Å². The maximum Gasteiger partial charge on any atom is 0.325 e. The predicted molar refractivity (Wildman–Crippen MR) is 124 cm³/mol. The van der Waals surface area contributed by atoms with Gasteiger partial charge < -0.3 is 32.6 Å². The van der Waals surface area contributed by atoms with Crippen LogP contribution in [0.2, 0.25) is 5.04 Å². The number of ether oxygens (including phenoxy) is 1. The first-order valence-electron chi connectivity index (χ1n) is 10.3. The van der Waals surface area contributed by atoms with Crippen molar-refractivity contribution < 1.29 is 36.9 Å². The summed E-state index contributed by atoms with van der Waals surface area (Å²) < 4.78 is 11.6.